The summed E-state index contributed by atoms with van der Waals surface area (Å²) in [5, 5.41) is 0. The molecule has 0 aromatic carbocycles. The summed E-state index contributed by atoms with van der Waals surface area (Å²) in [6.45, 7) is 5.18. The maximum absolute atomic E-state index is 5.95. The minimum atomic E-state index is 0.351. The van der Waals surface area contributed by atoms with Crippen molar-refractivity contribution in [3.05, 3.63) is 30.1 Å². The van der Waals surface area contributed by atoms with Crippen molar-refractivity contribution in [2.45, 2.75) is 32.2 Å². The highest BCUT2D eigenvalue weighted by Gasteiger charge is 2.24. The van der Waals surface area contributed by atoms with Gasteiger partial charge in [-0.2, -0.15) is 0 Å². The Kier molecular flexibility index (Phi) is 4.51. The van der Waals surface area contributed by atoms with Crippen LogP contribution in [0.4, 0.5) is 0 Å². The Labute approximate surface area is 104 Å². The first-order chi connectivity index (χ1) is 8.35. The Balaban J connectivity index is 2.03. The van der Waals surface area contributed by atoms with Gasteiger partial charge in [-0.3, -0.25) is 9.88 Å². The number of pyridine rings is 1. The number of hydrogen-bond donors (Lipinski definition) is 1. The van der Waals surface area contributed by atoms with E-state index in [-0.39, 0.29) is 0 Å². The monoisotopic (exact) mass is 233 g/mol. The van der Waals surface area contributed by atoms with Gasteiger partial charge in [-0.1, -0.05) is 13.3 Å². The molecule has 2 N–H and O–H groups in total. The second-order valence-corrected chi connectivity index (χ2v) is 4.92. The topological polar surface area (TPSA) is 42.1 Å². The molecule has 1 unspecified atom stereocenters. The molecule has 0 saturated heterocycles. The van der Waals surface area contributed by atoms with Crippen molar-refractivity contribution in [2.75, 3.05) is 19.6 Å². The number of rotatable bonds is 6. The molecule has 1 atom stereocenters. The summed E-state index contributed by atoms with van der Waals surface area (Å²) in [5.41, 5.74) is 7.25. The lowest BCUT2D eigenvalue weighted by molar-refractivity contribution is 0.141. The third-order valence-corrected chi connectivity index (χ3v) is 3.88. The summed E-state index contributed by atoms with van der Waals surface area (Å²) in [5.74, 6) is 0.894. The first-order valence-corrected chi connectivity index (χ1v) is 6.69. The second kappa shape index (κ2) is 6.12. The zero-order chi connectivity index (χ0) is 12.1. The molecule has 1 fully saturated rings. The Bertz CT molecular complexity index is 321. The normalized spacial score (nSPS) is 18.1. The lowest BCUT2D eigenvalue weighted by Gasteiger charge is -2.36. The van der Waals surface area contributed by atoms with E-state index in [4.69, 9.17) is 5.73 Å². The summed E-state index contributed by atoms with van der Waals surface area (Å²) in [7, 11) is 0. The molecule has 94 valence electrons. The molecule has 1 saturated carbocycles. The number of nitrogens with zero attached hydrogens (tertiary/aromatic N) is 2. The van der Waals surface area contributed by atoms with Crippen LogP contribution in [-0.2, 0) is 0 Å². The smallest absolute Gasteiger partial charge is 0.0471 e. The van der Waals surface area contributed by atoms with Crippen LogP contribution in [-0.4, -0.2) is 29.5 Å². The number of aromatic nitrogens is 1. The minimum Gasteiger partial charge on any atom is -0.329 e. The van der Waals surface area contributed by atoms with Gasteiger partial charge in [0.1, 0.15) is 0 Å². The average Bonchev–Trinajstić information content (AvgIpc) is 2.33. The third-order valence-electron chi connectivity index (χ3n) is 3.88. The van der Waals surface area contributed by atoms with Crippen LogP contribution in [0.5, 0.6) is 0 Å². The molecular formula is C14H23N3. The van der Waals surface area contributed by atoms with Crippen molar-refractivity contribution in [3.63, 3.8) is 0 Å². The maximum Gasteiger partial charge on any atom is 0.0471 e. The van der Waals surface area contributed by atoms with Crippen molar-refractivity contribution < 1.29 is 0 Å². The third kappa shape index (κ3) is 3.05. The van der Waals surface area contributed by atoms with Crippen LogP contribution in [0.3, 0.4) is 0 Å². The van der Waals surface area contributed by atoms with Gasteiger partial charge in [0.2, 0.25) is 0 Å². The first kappa shape index (κ1) is 12.5. The molecule has 2 rings (SSSR count). The van der Waals surface area contributed by atoms with E-state index in [9.17, 15) is 0 Å². The lowest BCUT2D eigenvalue weighted by Crippen LogP contribution is -2.38. The van der Waals surface area contributed by atoms with Crippen LogP contribution in [0.2, 0.25) is 0 Å². The van der Waals surface area contributed by atoms with Gasteiger partial charge in [-0.05, 0) is 43.0 Å². The molecule has 1 aliphatic rings. The molecule has 0 radical (unpaired) electrons. The maximum atomic E-state index is 5.95. The van der Waals surface area contributed by atoms with Crippen LogP contribution in [0.25, 0.3) is 0 Å². The van der Waals surface area contributed by atoms with Crippen molar-refractivity contribution in [3.8, 4) is 0 Å². The van der Waals surface area contributed by atoms with Gasteiger partial charge < -0.3 is 5.73 Å². The predicted molar refractivity (Wildman–Crippen MR) is 70.6 cm³/mol. The summed E-state index contributed by atoms with van der Waals surface area (Å²) in [6.07, 6.45) is 7.91. The molecule has 1 aliphatic carbocycles. The van der Waals surface area contributed by atoms with Crippen molar-refractivity contribution in [1.29, 1.82) is 0 Å². The molecule has 1 aromatic heterocycles. The average molecular weight is 233 g/mol. The summed E-state index contributed by atoms with van der Waals surface area (Å²) in [6, 6.07) is 4.52. The molecule has 0 bridgehead atoms. The van der Waals surface area contributed by atoms with E-state index >= 15 is 0 Å². The van der Waals surface area contributed by atoms with Crippen molar-refractivity contribution >= 4 is 0 Å². The molecule has 0 spiro atoms. The number of likely N-dealkylation sites (N-methyl/N-ethyl adjacent to an activating group) is 1. The van der Waals surface area contributed by atoms with Crippen LogP contribution in [0, 0.1) is 5.92 Å². The van der Waals surface area contributed by atoms with Crippen LogP contribution >= 0.6 is 0 Å². The Morgan fingerprint density at radius 1 is 1.41 bits per heavy atom. The van der Waals surface area contributed by atoms with E-state index in [0.717, 1.165) is 12.5 Å². The molecule has 3 nitrogen and oxygen atoms in total. The van der Waals surface area contributed by atoms with E-state index in [0.29, 0.717) is 12.6 Å². The van der Waals surface area contributed by atoms with Crippen molar-refractivity contribution in [1.82, 2.24) is 9.88 Å². The highest BCUT2D eigenvalue weighted by atomic mass is 15.2. The Morgan fingerprint density at radius 3 is 2.59 bits per heavy atom. The van der Waals surface area contributed by atoms with Gasteiger partial charge in [0.15, 0.2) is 0 Å². The van der Waals surface area contributed by atoms with E-state index in [1.165, 1.54) is 31.4 Å². The van der Waals surface area contributed by atoms with Gasteiger partial charge in [-0.15, -0.1) is 0 Å². The van der Waals surface area contributed by atoms with Gasteiger partial charge in [0.05, 0.1) is 0 Å². The fraction of sp³-hybridized carbons (Fsp3) is 0.643. The largest absolute Gasteiger partial charge is 0.329 e. The zero-order valence-corrected chi connectivity index (χ0v) is 10.7. The Hall–Kier alpha value is -0.930. The van der Waals surface area contributed by atoms with Gasteiger partial charge in [0.25, 0.3) is 0 Å². The van der Waals surface area contributed by atoms with E-state index < -0.39 is 0 Å². The van der Waals surface area contributed by atoms with Crippen LogP contribution in [0.15, 0.2) is 24.5 Å². The van der Waals surface area contributed by atoms with E-state index in [1.807, 2.05) is 12.4 Å². The van der Waals surface area contributed by atoms with Crippen LogP contribution in [0.1, 0.15) is 37.8 Å². The molecule has 17 heavy (non-hydrogen) atoms. The number of hydrogen-bond acceptors (Lipinski definition) is 3. The molecule has 3 heteroatoms. The molecule has 0 aliphatic heterocycles. The molecule has 1 aromatic rings. The van der Waals surface area contributed by atoms with Gasteiger partial charge in [-0.25, -0.2) is 0 Å². The highest BCUT2D eigenvalue weighted by molar-refractivity contribution is 5.15. The second-order valence-electron chi connectivity index (χ2n) is 4.92. The SMILES string of the molecule is CCN(CC1CCC1)C(CN)c1ccncc1. The Morgan fingerprint density at radius 2 is 2.12 bits per heavy atom. The lowest BCUT2D eigenvalue weighted by atomic mass is 9.84. The fourth-order valence-corrected chi connectivity index (χ4v) is 2.57. The fourth-order valence-electron chi connectivity index (χ4n) is 2.57. The van der Waals surface area contributed by atoms with Crippen LogP contribution < -0.4 is 5.73 Å². The standard InChI is InChI=1S/C14H23N3/c1-2-17(11-12-4-3-5-12)14(10-15)13-6-8-16-9-7-13/h6-9,12,14H,2-5,10-11,15H2,1H3. The van der Waals surface area contributed by atoms with Crippen molar-refractivity contribution in [2.24, 2.45) is 11.7 Å². The summed E-state index contributed by atoms with van der Waals surface area (Å²) < 4.78 is 0. The van der Waals surface area contributed by atoms with Gasteiger partial charge in [0, 0.05) is 31.5 Å². The van der Waals surface area contributed by atoms with Gasteiger partial charge >= 0.3 is 0 Å². The summed E-state index contributed by atoms with van der Waals surface area (Å²) >= 11 is 0. The minimum absolute atomic E-state index is 0.351. The molecular weight excluding hydrogens is 210 g/mol. The first-order valence-electron chi connectivity index (χ1n) is 6.69. The quantitative estimate of drug-likeness (QED) is 0.819. The van der Waals surface area contributed by atoms with E-state index in [1.54, 1.807) is 0 Å². The predicted octanol–water partition coefficient (Wildman–Crippen LogP) is 2.20. The summed E-state index contributed by atoms with van der Waals surface area (Å²) in [4.78, 5) is 6.59. The van der Waals surface area contributed by atoms with E-state index in [2.05, 4.69) is 28.9 Å². The molecule has 1 heterocycles. The zero-order valence-electron chi connectivity index (χ0n) is 10.7. The highest BCUT2D eigenvalue weighted by Crippen LogP contribution is 2.30. The molecule has 0 amide bonds. The number of nitrogens with two attached hydrogens (primary N) is 1.